The van der Waals surface area contributed by atoms with Gasteiger partial charge in [0.05, 0.1) is 5.41 Å². The quantitative estimate of drug-likeness (QED) is 0.465. The van der Waals surface area contributed by atoms with E-state index in [4.69, 9.17) is 0 Å². The minimum Gasteiger partial charge on any atom is -0.0949 e. The minimum absolute atomic E-state index is 0.298. The lowest BCUT2D eigenvalue weighted by atomic mass is 9.66. The minimum atomic E-state index is -0.298. The molecule has 0 radical (unpaired) electrons. The number of allylic oxidation sites excluding steroid dienone is 5. The Kier molecular flexibility index (Phi) is 3.77. The van der Waals surface area contributed by atoms with Gasteiger partial charge in [-0.05, 0) is 59.2 Å². The van der Waals surface area contributed by atoms with Gasteiger partial charge in [0.25, 0.3) is 0 Å². The molecule has 5 rings (SSSR count). The molecule has 0 N–H and O–H groups in total. The fourth-order valence-corrected chi connectivity index (χ4v) is 4.91. The maximum atomic E-state index is 4.43. The van der Waals surface area contributed by atoms with Gasteiger partial charge in [-0.1, -0.05) is 103 Å². The van der Waals surface area contributed by atoms with E-state index in [-0.39, 0.29) is 5.41 Å². The van der Waals surface area contributed by atoms with Crippen LogP contribution in [0.25, 0.3) is 5.57 Å². The Morgan fingerprint density at radius 2 is 1.32 bits per heavy atom. The van der Waals surface area contributed by atoms with E-state index in [1.54, 1.807) is 0 Å². The molecular weight excluding hydrogens is 336 g/mol. The molecule has 0 heterocycles. The number of hydrogen-bond acceptors (Lipinski definition) is 0. The van der Waals surface area contributed by atoms with Crippen LogP contribution in [0.15, 0.2) is 103 Å². The topological polar surface area (TPSA) is 0 Å². The van der Waals surface area contributed by atoms with Gasteiger partial charge in [0, 0.05) is 0 Å². The number of hydrogen-bond donors (Lipinski definition) is 0. The van der Waals surface area contributed by atoms with Crippen molar-refractivity contribution in [3.05, 3.63) is 136 Å². The molecule has 0 saturated heterocycles. The molecular formula is C28H24. The van der Waals surface area contributed by atoms with Crippen LogP contribution in [0.3, 0.4) is 0 Å². The first kappa shape index (κ1) is 17.0. The normalized spacial score (nSPS) is 16.9. The highest BCUT2D eigenvalue weighted by Gasteiger charge is 2.47. The van der Waals surface area contributed by atoms with Crippen LogP contribution in [0.1, 0.15) is 39.8 Å². The maximum absolute atomic E-state index is 4.43. The van der Waals surface area contributed by atoms with E-state index in [0.29, 0.717) is 0 Å². The molecule has 0 spiro atoms. The first-order valence-electron chi connectivity index (χ1n) is 9.96. The standard InChI is InChI=1S/C28H24/c1-19-11-15-22(16-12-19)28(23-17-13-20(2)14-18-23)25-9-5-4-8-24(25)27-21(3)7-6-10-26(27)28/h4-6,8-18H,3,7H2,1-2H3. The van der Waals surface area contributed by atoms with E-state index in [1.807, 2.05) is 0 Å². The Morgan fingerprint density at radius 3 is 1.93 bits per heavy atom. The van der Waals surface area contributed by atoms with Crippen molar-refractivity contribution < 1.29 is 0 Å². The van der Waals surface area contributed by atoms with Gasteiger partial charge in [0.2, 0.25) is 0 Å². The van der Waals surface area contributed by atoms with Crippen LogP contribution in [-0.4, -0.2) is 0 Å². The zero-order chi connectivity index (χ0) is 19.3. The van der Waals surface area contributed by atoms with Crippen LogP contribution >= 0.6 is 0 Å². The Hall–Kier alpha value is -3.12. The molecule has 0 heteroatoms. The summed E-state index contributed by atoms with van der Waals surface area (Å²) in [6.07, 6.45) is 5.53. The lowest BCUT2D eigenvalue weighted by Crippen LogP contribution is -2.29. The molecule has 0 aromatic heterocycles. The van der Waals surface area contributed by atoms with Crippen molar-refractivity contribution in [2.24, 2.45) is 0 Å². The van der Waals surface area contributed by atoms with Crippen molar-refractivity contribution in [3.8, 4) is 0 Å². The van der Waals surface area contributed by atoms with Crippen molar-refractivity contribution in [2.45, 2.75) is 25.7 Å². The van der Waals surface area contributed by atoms with Crippen LogP contribution in [-0.2, 0) is 5.41 Å². The molecule has 0 aliphatic heterocycles. The molecule has 0 bridgehead atoms. The highest BCUT2D eigenvalue weighted by atomic mass is 14.5. The lowest BCUT2D eigenvalue weighted by molar-refractivity contribution is 0.758. The SMILES string of the molecule is C=C1CC=CC2=C1c1ccccc1C2(c1ccc(C)cc1)c1ccc(C)cc1. The molecule has 2 aliphatic carbocycles. The van der Waals surface area contributed by atoms with Crippen LogP contribution in [0.5, 0.6) is 0 Å². The molecule has 28 heavy (non-hydrogen) atoms. The van der Waals surface area contributed by atoms with Crippen LogP contribution in [0.4, 0.5) is 0 Å². The van der Waals surface area contributed by atoms with Gasteiger partial charge in [-0.2, -0.15) is 0 Å². The van der Waals surface area contributed by atoms with E-state index in [2.05, 4.69) is 105 Å². The van der Waals surface area contributed by atoms with Gasteiger partial charge < -0.3 is 0 Å². The van der Waals surface area contributed by atoms with Gasteiger partial charge in [0.15, 0.2) is 0 Å². The van der Waals surface area contributed by atoms with Crippen molar-refractivity contribution in [2.75, 3.05) is 0 Å². The largest absolute Gasteiger partial charge is 0.0949 e. The van der Waals surface area contributed by atoms with Gasteiger partial charge in [0.1, 0.15) is 0 Å². The number of fused-ring (bicyclic) bond motifs is 2. The average molecular weight is 361 g/mol. The molecule has 0 saturated carbocycles. The molecule has 0 atom stereocenters. The van der Waals surface area contributed by atoms with E-state index in [9.17, 15) is 0 Å². The predicted octanol–water partition coefficient (Wildman–Crippen LogP) is 6.92. The molecule has 0 unspecified atom stereocenters. The fourth-order valence-electron chi connectivity index (χ4n) is 4.91. The molecule has 136 valence electrons. The monoisotopic (exact) mass is 360 g/mol. The highest BCUT2D eigenvalue weighted by Crippen LogP contribution is 2.57. The van der Waals surface area contributed by atoms with Crippen LogP contribution in [0, 0.1) is 13.8 Å². The number of aryl methyl sites for hydroxylation is 2. The highest BCUT2D eigenvalue weighted by molar-refractivity contribution is 5.95. The third kappa shape index (κ3) is 2.24. The second kappa shape index (κ2) is 6.21. The third-order valence-electron chi connectivity index (χ3n) is 6.25. The summed E-state index contributed by atoms with van der Waals surface area (Å²) in [5.41, 5.74) is 11.5. The first-order chi connectivity index (χ1) is 13.6. The summed E-state index contributed by atoms with van der Waals surface area (Å²) in [6, 6.07) is 27.0. The second-order valence-electron chi connectivity index (χ2n) is 8.03. The first-order valence-corrected chi connectivity index (χ1v) is 9.96. The zero-order valence-corrected chi connectivity index (χ0v) is 16.5. The molecule has 0 amide bonds. The third-order valence-corrected chi connectivity index (χ3v) is 6.25. The van der Waals surface area contributed by atoms with Gasteiger partial charge in [-0.15, -0.1) is 0 Å². The second-order valence-corrected chi connectivity index (χ2v) is 8.03. The average Bonchev–Trinajstić information content (AvgIpc) is 3.02. The Balaban J connectivity index is 1.94. The smallest absolute Gasteiger partial charge is 0.0713 e. The Labute approximate surface area is 167 Å². The number of benzene rings is 3. The molecule has 0 nitrogen and oxygen atoms in total. The summed E-state index contributed by atoms with van der Waals surface area (Å²) in [6.45, 7) is 8.73. The molecule has 3 aromatic rings. The fraction of sp³-hybridized carbons (Fsp3) is 0.143. The summed E-state index contributed by atoms with van der Waals surface area (Å²) in [7, 11) is 0. The van der Waals surface area contributed by atoms with E-state index < -0.39 is 0 Å². The van der Waals surface area contributed by atoms with Gasteiger partial charge in [-0.3, -0.25) is 0 Å². The van der Waals surface area contributed by atoms with Gasteiger partial charge in [-0.25, -0.2) is 0 Å². The summed E-state index contributed by atoms with van der Waals surface area (Å²) < 4.78 is 0. The molecule has 2 aliphatic rings. The summed E-state index contributed by atoms with van der Waals surface area (Å²) in [4.78, 5) is 0. The van der Waals surface area contributed by atoms with E-state index in [0.717, 1.165) is 6.42 Å². The van der Waals surface area contributed by atoms with Crippen molar-refractivity contribution in [3.63, 3.8) is 0 Å². The van der Waals surface area contributed by atoms with Gasteiger partial charge >= 0.3 is 0 Å². The maximum Gasteiger partial charge on any atom is 0.0713 e. The van der Waals surface area contributed by atoms with E-state index >= 15 is 0 Å². The van der Waals surface area contributed by atoms with E-state index in [1.165, 1.54) is 50.1 Å². The molecule has 0 fully saturated rings. The van der Waals surface area contributed by atoms with Crippen LogP contribution < -0.4 is 0 Å². The summed E-state index contributed by atoms with van der Waals surface area (Å²) in [5, 5.41) is 0. The summed E-state index contributed by atoms with van der Waals surface area (Å²) in [5.74, 6) is 0. The summed E-state index contributed by atoms with van der Waals surface area (Å²) >= 11 is 0. The van der Waals surface area contributed by atoms with Crippen molar-refractivity contribution in [1.82, 2.24) is 0 Å². The Bertz CT molecular complexity index is 1090. The molecule has 3 aromatic carbocycles. The Morgan fingerprint density at radius 1 is 0.750 bits per heavy atom. The predicted molar refractivity (Wildman–Crippen MR) is 118 cm³/mol. The van der Waals surface area contributed by atoms with Crippen molar-refractivity contribution in [1.29, 1.82) is 0 Å². The van der Waals surface area contributed by atoms with Crippen LogP contribution in [0.2, 0.25) is 0 Å². The zero-order valence-electron chi connectivity index (χ0n) is 16.5. The lowest BCUT2D eigenvalue weighted by Gasteiger charge is -2.35. The number of rotatable bonds is 2. The van der Waals surface area contributed by atoms with Crippen molar-refractivity contribution >= 4 is 5.57 Å².